The Morgan fingerprint density at radius 1 is 0.879 bits per heavy atom. The smallest absolute Gasteiger partial charge is 0.296 e. The van der Waals surface area contributed by atoms with Crippen molar-refractivity contribution in [2.75, 3.05) is 36.0 Å². The predicted octanol–water partition coefficient (Wildman–Crippen LogP) is 2.49. The van der Waals surface area contributed by atoms with Crippen molar-refractivity contribution >= 4 is 22.9 Å². The lowest BCUT2D eigenvalue weighted by atomic mass is 10.2. The molecule has 0 amide bonds. The van der Waals surface area contributed by atoms with E-state index in [1.54, 1.807) is 24.3 Å². The van der Waals surface area contributed by atoms with E-state index in [9.17, 15) is 8.78 Å². The van der Waals surface area contributed by atoms with Crippen LogP contribution in [0.4, 0.5) is 20.7 Å². The highest BCUT2D eigenvalue weighted by Crippen LogP contribution is 2.34. The summed E-state index contributed by atoms with van der Waals surface area (Å²) < 4.78 is 41.2. The van der Waals surface area contributed by atoms with E-state index >= 15 is 0 Å². The van der Waals surface area contributed by atoms with Crippen LogP contribution >= 0.6 is 0 Å². The van der Waals surface area contributed by atoms with E-state index in [2.05, 4.69) is 14.8 Å². The van der Waals surface area contributed by atoms with E-state index in [-0.39, 0.29) is 36.1 Å². The van der Waals surface area contributed by atoms with Crippen molar-refractivity contribution in [3.05, 3.63) is 30.1 Å². The van der Waals surface area contributed by atoms with Crippen molar-refractivity contribution < 1.29 is 18.3 Å². The number of nitrogens with zero attached hydrogens (tertiary/aromatic N) is 7. The first-order valence-electron chi connectivity index (χ1n) is 11.4. The molecule has 4 bridgehead atoms. The van der Waals surface area contributed by atoms with Crippen molar-refractivity contribution in [1.82, 2.24) is 24.5 Å². The summed E-state index contributed by atoms with van der Waals surface area (Å²) in [4.78, 5) is 22.6. The Morgan fingerprint density at radius 2 is 1.64 bits per heavy atom. The zero-order valence-electron chi connectivity index (χ0n) is 17.8. The summed E-state index contributed by atoms with van der Waals surface area (Å²) in [6, 6.07) is 7.25. The molecule has 7 rings (SSSR count). The van der Waals surface area contributed by atoms with Gasteiger partial charge < -0.3 is 19.3 Å². The van der Waals surface area contributed by atoms with Crippen LogP contribution in [0, 0.1) is 0 Å². The van der Waals surface area contributed by atoms with Gasteiger partial charge in [-0.05, 0) is 31.4 Å². The van der Waals surface area contributed by atoms with E-state index in [0.29, 0.717) is 49.2 Å². The second-order valence-electron chi connectivity index (χ2n) is 9.19. The number of rotatable bonds is 4. The Kier molecular flexibility index (Phi) is 4.32. The molecule has 2 aromatic heterocycles. The molecule has 4 unspecified atom stereocenters. The van der Waals surface area contributed by atoms with Crippen LogP contribution in [0.2, 0.25) is 0 Å². The van der Waals surface area contributed by atoms with Gasteiger partial charge in [-0.25, -0.2) is 13.8 Å². The van der Waals surface area contributed by atoms with E-state index < -0.39 is 6.43 Å². The largest absolute Gasteiger partial charge is 0.374 e. The van der Waals surface area contributed by atoms with Crippen LogP contribution < -0.4 is 9.80 Å². The van der Waals surface area contributed by atoms with Crippen LogP contribution in [0.5, 0.6) is 0 Å². The highest BCUT2D eigenvalue weighted by molar-refractivity contribution is 5.77. The zero-order chi connectivity index (χ0) is 22.1. The molecular weight excluding hydrogens is 432 g/mol. The quantitative estimate of drug-likeness (QED) is 0.594. The van der Waals surface area contributed by atoms with Gasteiger partial charge in [-0.15, -0.1) is 0 Å². The SMILES string of the molecule is FC(F)c1nc2ccccc2n1-c1nc(N2CC3CCC(C2)O3)nc(N2CC3CC2CO3)n1. The fourth-order valence-corrected chi connectivity index (χ4v) is 5.54. The fraction of sp³-hybridized carbons (Fsp3) is 0.545. The molecule has 0 radical (unpaired) electrons. The third kappa shape index (κ3) is 3.17. The second kappa shape index (κ2) is 7.29. The molecule has 0 aliphatic carbocycles. The Balaban J connectivity index is 1.39. The maximum absolute atomic E-state index is 14.0. The number of halogens is 2. The Labute approximate surface area is 188 Å². The van der Waals surface area contributed by atoms with Gasteiger partial charge in [-0.1, -0.05) is 12.1 Å². The maximum atomic E-state index is 14.0. The number of benzene rings is 1. The number of imidazole rings is 1. The summed E-state index contributed by atoms with van der Waals surface area (Å²) in [5.41, 5.74) is 1.03. The average Bonchev–Trinajstić information content (AvgIpc) is 3.61. The van der Waals surface area contributed by atoms with Crippen molar-refractivity contribution in [3.63, 3.8) is 0 Å². The molecule has 1 aromatic carbocycles. The van der Waals surface area contributed by atoms with E-state index in [1.165, 1.54) is 4.57 Å². The molecule has 0 saturated carbocycles. The normalized spacial score (nSPS) is 28.6. The number of para-hydroxylation sites is 2. The van der Waals surface area contributed by atoms with Gasteiger partial charge in [0.2, 0.25) is 17.8 Å². The number of fused-ring (bicyclic) bond motifs is 5. The highest BCUT2D eigenvalue weighted by Gasteiger charge is 2.41. The van der Waals surface area contributed by atoms with Gasteiger partial charge in [0.05, 0.1) is 42.0 Å². The van der Waals surface area contributed by atoms with Gasteiger partial charge in [-0.2, -0.15) is 15.0 Å². The van der Waals surface area contributed by atoms with Crippen LogP contribution in [-0.2, 0) is 9.47 Å². The third-order valence-electron chi connectivity index (χ3n) is 7.07. The molecule has 172 valence electrons. The number of aromatic nitrogens is 5. The first kappa shape index (κ1) is 19.5. The summed E-state index contributed by atoms with van der Waals surface area (Å²) in [5.74, 6) is 0.800. The molecule has 9 nitrogen and oxygen atoms in total. The van der Waals surface area contributed by atoms with Crippen LogP contribution in [0.3, 0.4) is 0 Å². The lowest BCUT2D eigenvalue weighted by Crippen LogP contribution is -2.44. The number of alkyl halides is 2. The minimum atomic E-state index is -2.77. The molecule has 3 aromatic rings. The molecule has 4 aliphatic rings. The molecule has 4 atom stereocenters. The second-order valence-corrected chi connectivity index (χ2v) is 9.19. The van der Waals surface area contributed by atoms with Crippen LogP contribution in [-0.4, -0.2) is 75.1 Å². The molecule has 33 heavy (non-hydrogen) atoms. The first-order valence-corrected chi connectivity index (χ1v) is 11.4. The molecule has 0 spiro atoms. The molecular formula is C22H23F2N7O2. The van der Waals surface area contributed by atoms with Gasteiger partial charge in [0.15, 0.2) is 5.82 Å². The minimum Gasteiger partial charge on any atom is -0.374 e. The molecule has 4 fully saturated rings. The van der Waals surface area contributed by atoms with E-state index in [0.717, 1.165) is 19.3 Å². The highest BCUT2D eigenvalue weighted by atomic mass is 19.3. The molecule has 11 heteroatoms. The number of hydrogen-bond acceptors (Lipinski definition) is 8. The molecule has 4 aliphatic heterocycles. The van der Waals surface area contributed by atoms with Crippen molar-refractivity contribution in [2.24, 2.45) is 0 Å². The molecule has 6 heterocycles. The monoisotopic (exact) mass is 455 g/mol. The van der Waals surface area contributed by atoms with Gasteiger partial charge in [0.1, 0.15) is 0 Å². The molecule has 0 N–H and O–H groups in total. The van der Waals surface area contributed by atoms with Crippen LogP contribution in [0.1, 0.15) is 31.5 Å². The van der Waals surface area contributed by atoms with Gasteiger partial charge in [-0.3, -0.25) is 4.57 Å². The summed E-state index contributed by atoms with van der Waals surface area (Å²) in [7, 11) is 0. The predicted molar refractivity (Wildman–Crippen MR) is 115 cm³/mol. The van der Waals surface area contributed by atoms with Gasteiger partial charge in [0.25, 0.3) is 6.43 Å². The van der Waals surface area contributed by atoms with Crippen LogP contribution in [0.15, 0.2) is 24.3 Å². The van der Waals surface area contributed by atoms with Crippen molar-refractivity contribution in [3.8, 4) is 5.95 Å². The summed E-state index contributed by atoms with van der Waals surface area (Å²) >= 11 is 0. The number of anilines is 2. The summed E-state index contributed by atoms with van der Waals surface area (Å²) in [6.07, 6.45) is 0.638. The number of hydrogen-bond donors (Lipinski definition) is 0. The van der Waals surface area contributed by atoms with Crippen molar-refractivity contribution in [1.29, 1.82) is 0 Å². The standard InChI is InChI=1S/C22H23F2N7O2/c23-18(24)19-25-16-3-1-2-4-17(16)31(19)22-27-20(29-8-13-5-6-14(9-29)33-13)26-21(28-22)30-10-15-7-12(30)11-32-15/h1-4,12-15,18H,5-11H2. The first-order chi connectivity index (χ1) is 16.1. The van der Waals surface area contributed by atoms with E-state index in [1.807, 2.05) is 0 Å². The Morgan fingerprint density at radius 3 is 2.36 bits per heavy atom. The maximum Gasteiger partial charge on any atom is 0.296 e. The lowest BCUT2D eigenvalue weighted by molar-refractivity contribution is 0.0299. The van der Waals surface area contributed by atoms with Crippen LogP contribution in [0.25, 0.3) is 17.0 Å². The number of morpholine rings is 2. The van der Waals surface area contributed by atoms with Gasteiger partial charge in [0, 0.05) is 19.6 Å². The topological polar surface area (TPSA) is 81.4 Å². The molecule has 4 saturated heterocycles. The van der Waals surface area contributed by atoms with Crippen molar-refractivity contribution in [2.45, 2.75) is 50.0 Å². The van der Waals surface area contributed by atoms with E-state index in [4.69, 9.17) is 24.4 Å². The zero-order valence-corrected chi connectivity index (χ0v) is 17.8. The third-order valence-corrected chi connectivity index (χ3v) is 7.07. The van der Waals surface area contributed by atoms with Gasteiger partial charge >= 0.3 is 0 Å². The lowest BCUT2D eigenvalue weighted by Gasteiger charge is -2.33. The fourth-order valence-electron chi connectivity index (χ4n) is 5.54. The summed E-state index contributed by atoms with van der Waals surface area (Å²) in [5, 5.41) is 0. The summed E-state index contributed by atoms with van der Waals surface area (Å²) in [6.45, 7) is 2.68. The minimum absolute atomic E-state index is 0.148. The Hall–Kier alpha value is -2.92. The Bertz CT molecular complexity index is 1210. The average molecular weight is 455 g/mol. The number of ether oxygens (including phenoxy) is 2.